The van der Waals surface area contributed by atoms with E-state index in [2.05, 4.69) is 27.2 Å². The van der Waals surface area contributed by atoms with Gasteiger partial charge in [-0.05, 0) is 37.1 Å². The first-order chi connectivity index (χ1) is 14.1. The maximum atomic E-state index is 12.8. The molecule has 3 heterocycles. The predicted molar refractivity (Wildman–Crippen MR) is 116 cm³/mol. The van der Waals surface area contributed by atoms with Crippen LogP contribution in [0.4, 0.5) is 10.8 Å². The molecule has 1 aromatic carbocycles. The summed E-state index contributed by atoms with van der Waals surface area (Å²) in [6, 6.07) is 9.18. The van der Waals surface area contributed by atoms with Crippen molar-refractivity contribution in [2.24, 2.45) is 7.05 Å². The van der Waals surface area contributed by atoms with Crippen LogP contribution in [0.25, 0.3) is 5.57 Å². The lowest BCUT2D eigenvalue weighted by Gasteiger charge is -2.29. The number of thiazole rings is 1. The summed E-state index contributed by atoms with van der Waals surface area (Å²) in [5.41, 5.74) is 4.46. The van der Waals surface area contributed by atoms with E-state index in [-0.39, 0.29) is 5.91 Å². The van der Waals surface area contributed by atoms with Crippen LogP contribution in [-0.2, 0) is 7.05 Å². The number of hydrogen-bond acceptors (Lipinski definition) is 6. The number of rotatable bonds is 5. The molecule has 150 valence electrons. The summed E-state index contributed by atoms with van der Waals surface area (Å²) in [6.07, 6.45) is 2.79. The molecule has 7 nitrogen and oxygen atoms in total. The maximum Gasteiger partial charge on any atom is 0.276 e. The van der Waals surface area contributed by atoms with Crippen LogP contribution in [0.3, 0.4) is 0 Å². The molecule has 0 spiro atoms. The molecule has 0 radical (unpaired) electrons. The summed E-state index contributed by atoms with van der Waals surface area (Å²) in [6.45, 7) is 3.85. The van der Waals surface area contributed by atoms with E-state index in [0.717, 1.165) is 30.3 Å². The molecule has 0 unspecified atom stereocenters. The molecule has 2 aromatic heterocycles. The lowest BCUT2D eigenvalue weighted by atomic mass is 9.99. The fourth-order valence-corrected chi connectivity index (χ4v) is 4.16. The molecule has 0 fully saturated rings. The van der Waals surface area contributed by atoms with Crippen molar-refractivity contribution in [2.45, 2.75) is 13.3 Å². The molecule has 1 N–H and O–H groups in total. The quantitative estimate of drug-likeness (QED) is 0.694. The second-order valence-corrected chi connectivity index (χ2v) is 7.81. The van der Waals surface area contributed by atoms with Crippen molar-refractivity contribution >= 4 is 33.6 Å². The van der Waals surface area contributed by atoms with Crippen LogP contribution in [0.5, 0.6) is 5.75 Å². The number of ether oxygens (including phenoxy) is 1. The normalized spacial score (nSPS) is 14.2. The highest BCUT2D eigenvalue weighted by Gasteiger charge is 2.23. The van der Waals surface area contributed by atoms with Crippen molar-refractivity contribution in [1.82, 2.24) is 14.8 Å². The van der Waals surface area contributed by atoms with Crippen LogP contribution in [0.1, 0.15) is 29.5 Å². The van der Waals surface area contributed by atoms with E-state index in [1.54, 1.807) is 29.2 Å². The zero-order valence-electron chi connectivity index (χ0n) is 16.7. The molecule has 8 heteroatoms. The van der Waals surface area contributed by atoms with Crippen molar-refractivity contribution in [3.05, 3.63) is 58.9 Å². The summed E-state index contributed by atoms with van der Waals surface area (Å²) in [5.74, 6) is 0.351. The Morgan fingerprint density at radius 2 is 2.14 bits per heavy atom. The van der Waals surface area contributed by atoms with E-state index < -0.39 is 0 Å². The number of nitrogens with zero attached hydrogens (tertiary/aromatic N) is 4. The smallest absolute Gasteiger partial charge is 0.276 e. The average Bonchev–Trinajstić information content (AvgIpc) is 3.39. The van der Waals surface area contributed by atoms with Gasteiger partial charge in [0.1, 0.15) is 5.75 Å². The Labute approximate surface area is 173 Å². The highest BCUT2D eigenvalue weighted by atomic mass is 32.1. The largest absolute Gasteiger partial charge is 0.495 e. The van der Waals surface area contributed by atoms with Crippen molar-refractivity contribution < 1.29 is 9.53 Å². The number of aromatic nitrogens is 3. The van der Waals surface area contributed by atoms with Crippen molar-refractivity contribution in [2.75, 3.05) is 30.4 Å². The SMILES string of the molecule is COc1ccccc1NC(=O)c1cc(C2=C(C)CCN(c3nccs3)C2)n(C)n1. The van der Waals surface area contributed by atoms with Gasteiger partial charge in [-0.1, -0.05) is 17.7 Å². The minimum Gasteiger partial charge on any atom is -0.495 e. The van der Waals surface area contributed by atoms with Crippen LogP contribution >= 0.6 is 11.3 Å². The molecule has 1 aliphatic heterocycles. The fraction of sp³-hybridized carbons (Fsp3) is 0.286. The Balaban J connectivity index is 1.58. The number of benzene rings is 1. The van der Waals surface area contributed by atoms with E-state index >= 15 is 0 Å². The second kappa shape index (κ2) is 8.08. The lowest BCUT2D eigenvalue weighted by molar-refractivity contribution is 0.102. The number of nitrogens with one attached hydrogen (secondary N) is 1. The molecule has 0 saturated heterocycles. The van der Waals surface area contributed by atoms with Crippen LogP contribution in [-0.4, -0.2) is 40.9 Å². The van der Waals surface area contributed by atoms with Gasteiger partial charge < -0.3 is 15.0 Å². The summed E-state index contributed by atoms with van der Waals surface area (Å²) in [5, 5.41) is 10.4. The number of carbonyl (C=O) groups is 1. The van der Waals surface area contributed by atoms with E-state index in [9.17, 15) is 4.79 Å². The maximum absolute atomic E-state index is 12.8. The Morgan fingerprint density at radius 1 is 1.31 bits per heavy atom. The Kier molecular flexibility index (Phi) is 5.35. The number of para-hydroxylation sites is 2. The zero-order valence-corrected chi connectivity index (χ0v) is 17.5. The van der Waals surface area contributed by atoms with Gasteiger partial charge in [-0.3, -0.25) is 9.48 Å². The minimum atomic E-state index is -0.262. The van der Waals surface area contributed by atoms with E-state index in [0.29, 0.717) is 17.1 Å². The van der Waals surface area contributed by atoms with E-state index in [1.807, 2.05) is 42.9 Å². The zero-order chi connectivity index (χ0) is 20.4. The van der Waals surface area contributed by atoms with E-state index in [4.69, 9.17) is 4.74 Å². The van der Waals surface area contributed by atoms with Crippen LogP contribution < -0.4 is 15.0 Å². The Bertz CT molecular complexity index is 1050. The van der Waals surface area contributed by atoms with Crippen molar-refractivity contribution in [3.8, 4) is 5.75 Å². The number of anilines is 2. The Morgan fingerprint density at radius 3 is 2.90 bits per heavy atom. The minimum absolute atomic E-state index is 0.262. The summed E-state index contributed by atoms with van der Waals surface area (Å²) in [7, 11) is 3.45. The van der Waals surface area contributed by atoms with Gasteiger partial charge in [-0.25, -0.2) is 4.98 Å². The van der Waals surface area contributed by atoms with Crippen molar-refractivity contribution in [1.29, 1.82) is 0 Å². The van der Waals surface area contributed by atoms with Gasteiger partial charge >= 0.3 is 0 Å². The number of amides is 1. The van der Waals surface area contributed by atoms with Crippen LogP contribution in [0.2, 0.25) is 0 Å². The molecule has 3 aromatic rings. The van der Waals surface area contributed by atoms with Crippen molar-refractivity contribution in [3.63, 3.8) is 0 Å². The first-order valence-corrected chi connectivity index (χ1v) is 10.3. The summed E-state index contributed by atoms with van der Waals surface area (Å²) < 4.78 is 7.09. The summed E-state index contributed by atoms with van der Waals surface area (Å²) in [4.78, 5) is 19.5. The monoisotopic (exact) mass is 409 g/mol. The standard InChI is InChI=1S/C21H23N5O2S/c1-14-8-10-26(21-22-9-11-29-21)13-15(14)18-12-17(24-25(18)2)20(27)23-16-6-4-5-7-19(16)28-3/h4-7,9,11-12H,8,10,13H2,1-3H3,(H,23,27). The topological polar surface area (TPSA) is 72.3 Å². The Hall–Kier alpha value is -3.13. The van der Waals surface area contributed by atoms with Gasteiger partial charge in [0.05, 0.1) is 18.5 Å². The predicted octanol–water partition coefficient (Wildman–Crippen LogP) is 3.82. The van der Waals surface area contributed by atoms with Gasteiger partial charge in [0, 0.05) is 31.7 Å². The highest BCUT2D eigenvalue weighted by Crippen LogP contribution is 2.31. The first-order valence-electron chi connectivity index (χ1n) is 9.38. The molecule has 1 aliphatic rings. The summed E-state index contributed by atoms with van der Waals surface area (Å²) >= 11 is 1.64. The molecule has 4 rings (SSSR count). The first kappa shape index (κ1) is 19.2. The molecule has 29 heavy (non-hydrogen) atoms. The van der Waals surface area contributed by atoms with Crippen LogP contribution in [0, 0.1) is 0 Å². The third-order valence-corrected chi connectivity index (χ3v) is 5.92. The number of aryl methyl sites for hydroxylation is 1. The molecule has 0 atom stereocenters. The molecular weight excluding hydrogens is 386 g/mol. The van der Waals surface area contributed by atoms with Crippen LogP contribution in [0.15, 0.2) is 47.5 Å². The molecule has 1 amide bonds. The fourth-order valence-electron chi connectivity index (χ4n) is 3.49. The third-order valence-electron chi connectivity index (χ3n) is 5.09. The van der Waals surface area contributed by atoms with Gasteiger partial charge in [0.15, 0.2) is 10.8 Å². The average molecular weight is 410 g/mol. The number of methoxy groups -OCH3 is 1. The second-order valence-electron chi connectivity index (χ2n) is 6.94. The number of hydrogen-bond donors (Lipinski definition) is 1. The number of carbonyl (C=O) groups excluding carboxylic acids is 1. The van der Waals surface area contributed by atoms with Gasteiger partial charge in [0.2, 0.25) is 0 Å². The molecular formula is C21H23N5O2S. The van der Waals surface area contributed by atoms with E-state index in [1.165, 1.54) is 11.1 Å². The highest BCUT2D eigenvalue weighted by molar-refractivity contribution is 7.13. The van der Waals surface area contributed by atoms with Gasteiger partial charge in [-0.2, -0.15) is 5.10 Å². The lowest BCUT2D eigenvalue weighted by Crippen LogP contribution is -2.31. The molecule has 0 aliphatic carbocycles. The third kappa shape index (κ3) is 3.88. The van der Waals surface area contributed by atoms with Gasteiger partial charge in [-0.15, -0.1) is 11.3 Å². The molecule has 0 saturated carbocycles. The molecule has 0 bridgehead atoms. The van der Waals surface area contributed by atoms with Gasteiger partial charge in [0.25, 0.3) is 5.91 Å².